The van der Waals surface area contributed by atoms with Crippen LogP contribution in [0.4, 0.5) is 0 Å². The number of hydrogen-bond acceptors (Lipinski definition) is 6. The number of carbonyl (C=O) groups is 2. The maximum Gasteiger partial charge on any atom is 0.310 e. The third-order valence-electron chi connectivity index (χ3n) is 9.41. The minimum Gasteiger partial charge on any atom is -0.504 e. The Morgan fingerprint density at radius 3 is 2.83 bits per heavy atom. The summed E-state index contributed by atoms with van der Waals surface area (Å²) in [6.07, 6.45) is 4.26. The van der Waals surface area contributed by atoms with Gasteiger partial charge in [-0.1, -0.05) is 30.3 Å². The third kappa shape index (κ3) is 2.86. The summed E-state index contributed by atoms with van der Waals surface area (Å²) in [5.41, 5.74) is 2.48. The molecule has 1 spiro atoms. The van der Waals surface area contributed by atoms with Crippen molar-refractivity contribution in [3.05, 3.63) is 58.7 Å². The third-order valence-corrected chi connectivity index (χ3v) is 9.41. The summed E-state index contributed by atoms with van der Waals surface area (Å²) in [4.78, 5) is 29.5. The highest BCUT2D eigenvalue weighted by Crippen LogP contribution is 2.66. The standard InChI is InChI=1S/C29H31NO5/c1-17-4-2-3-5-19(17)15-24(33)35-29-11-10-22(32)27-28(29)12-13-30(16-18-6-7-18)23(29)14-20-8-9-21(31)26(34-27)25(20)28/h2-5,8-9,18,23,27,31H,6-7,10-16H2,1H3/t23?,27-,28-,29+/m0/s1. The summed E-state index contributed by atoms with van der Waals surface area (Å²) in [7, 11) is 0. The zero-order valence-electron chi connectivity index (χ0n) is 20.1. The second kappa shape index (κ2) is 7.33. The molecular formula is C29H31NO5. The number of rotatable bonds is 5. The van der Waals surface area contributed by atoms with E-state index in [1.165, 1.54) is 12.8 Å². The Labute approximate surface area is 205 Å². The molecular weight excluding hydrogens is 442 g/mol. The van der Waals surface area contributed by atoms with Gasteiger partial charge in [0.05, 0.1) is 17.9 Å². The molecule has 182 valence electrons. The fourth-order valence-electron chi connectivity index (χ4n) is 7.65. The summed E-state index contributed by atoms with van der Waals surface area (Å²) in [5, 5.41) is 10.7. The van der Waals surface area contributed by atoms with Crippen molar-refractivity contribution in [3.8, 4) is 11.5 Å². The highest BCUT2D eigenvalue weighted by atomic mass is 16.6. The van der Waals surface area contributed by atoms with Gasteiger partial charge in [0.1, 0.15) is 5.60 Å². The van der Waals surface area contributed by atoms with Gasteiger partial charge < -0.3 is 14.6 Å². The summed E-state index contributed by atoms with van der Waals surface area (Å²) in [6, 6.07) is 11.6. The van der Waals surface area contributed by atoms with E-state index in [1.54, 1.807) is 6.07 Å². The number of phenols is 1. The molecule has 2 heterocycles. The Morgan fingerprint density at radius 1 is 1.20 bits per heavy atom. The molecule has 2 saturated carbocycles. The number of likely N-dealkylation sites (tertiary alicyclic amines) is 1. The van der Waals surface area contributed by atoms with Crippen molar-refractivity contribution in [2.24, 2.45) is 5.92 Å². The summed E-state index contributed by atoms with van der Waals surface area (Å²) < 4.78 is 13.0. The zero-order valence-corrected chi connectivity index (χ0v) is 20.1. The number of hydrogen-bond donors (Lipinski definition) is 1. The van der Waals surface area contributed by atoms with Crippen molar-refractivity contribution < 1.29 is 24.2 Å². The topological polar surface area (TPSA) is 76.1 Å². The molecule has 2 aliphatic heterocycles. The second-order valence-corrected chi connectivity index (χ2v) is 11.3. The van der Waals surface area contributed by atoms with Gasteiger partial charge in [0.2, 0.25) is 0 Å². The van der Waals surface area contributed by atoms with Gasteiger partial charge in [-0.25, -0.2) is 0 Å². The van der Waals surface area contributed by atoms with Crippen molar-refractivity contribution in [2.75, 3.05) is 13.1 Å². The minimum atomic E-state index is -0.843. The molecule has 1 saturated heterocycles. The smallest absolute Gasteiger partial charge is 0.310 e. The molecule has 1 N–H and O–H groups in total. The van der Waals surface area contributed by atoms with E-state index in [2.05, 4.69) is 4.90 Å². The summed E-state index contributed by atoms with van der Waals surface area (Å²) in [6.45, 7) is 3.87. The molecule has 6 nitrogen and oxygen atoms in total. The first-order valence-electron chi connectivity index (χ1n) is 13.0. The summed E-state index contributed by atoms with van der Waals surface area (Å²) in [5.74, 6) is 1.01. The van der Waals surface area contributed by atoms with Crippen LogP contribution in [0.2, 0.25) is 0 Å². The Hall–Kier alpha value is -2.86. The largest absolute Gasteiger partial charge is 0.504 e. The van der Waals surface area contributed by atoms with Crippen molar-refractivity contribution >= 4 is 11.8 Å². The van der Waals surface area contributed by atoms with Crippen LogP contribution >= 0.6 is 0 Å². The molecule has 1 unspecified atom stereocenters. The maximum absolute atomic E-state index is 13.6. The lowest BCUT2D eigenvalue weighted by molar-refractivity contribution is -0.215. The molecule has 4 atom stereocenters. The van der Waals surface area contributed by atoms with Crippen LogP contribution in [0.15, 0.2) is 36.4 Å². The van der Waals surface area contributed by atoms with Crippen LogP contribution in [-0.4, -0.2) is 52.6 Å². The van der Waals surface area contributed by atoms with E-state index >= 15 is 0 Å². The van der Waals surface area contributed by atoms with Crippen molar-refractivity contribution in [2.45, 2.75) is 75.0 Å². The van der Waals surface area contributed by atoms with Gasteiger partial charge >= 0.3 is 5.97 Å². The number of esters is 1. The first-order valence-corrected chi connectivity index (χ1v) is 13.0. The Bertz CT molecular complexity index is 1250. The van der Waals surface area contributed by atoms with E-state index in [9.17, 15) is 14.7 Å². The van der Waals surface area contributed by atoms with Crippen molar-refractivity contribution in [3.63, 3.8) is 0 Å². The van der Waals surface area contributed by atoms with E-state index in [1.807, 2.05) is 37.3 Å². The zero-order chi connectivity index (χ0) is 23.9. The quantitative estimate of drug-likeness (QED) is 0.669. The van der Waals surface area contributed by atoms with Gasteiger partial charge in [0, 0.05) is 18.5 Å². The molecule has 0 amide bonds. The van der Waals surface area contributed by atoms with Gasteiger partial charge in [0.15, 0.2) is 23.4 Å². The molecule has 5 aliphatic rings. The van der Waals surface area contributed by atoms with Crippen LogP contribution in [0.3, 0.4) is 0 Å². The lowest BCUT2D eigenvalue weighted by Gasteiger charge is -2.63. The number of aryl methyl sites for hydroxylation is 1. The van der Waals surface area contributed by atoms with Gasteiger partial charge in [-0.15, -0.1) is 0 Å². The molecule has 6 heteroatoms. The van der Waals surface area contributed by atoms with Gasteiger partial charge in [0.25, 0.3) is 0 Å². The molecule has 2 aromatic carbocycles. The normalized spacial score (nSPS) is 32.7. The second-order valence-electron chi connectivity index (χ2n) is 11.3. The maximum atomic E-state index is 13.6. The molecule has 3 fully saturated rings. The van der Waals surface area contributed by atoms with Crippen LogP contribution in [0, 0.1) is 12.8 Å². The SMILES string of the molecule is Cc1ccccc1CC(=O)O[C@@]12CCC(=O)[C@@H]3Oc4c(O)ccc5c4[C@@]31CCN(CC1CC1)C2C5. The first-order chi connectivity index (χ1) is 16.9. The lowest BCUT2D eigenvalue weighted by atomic mass is 9.48. The fraction of sp³-hybridized carbons (Fsp3) is 0.517. The van der Waals surface area contributed by atoms with E-state index in [4.69, 9.17) is 9.47 Å². The van der Waals surface area contributed by atoms with Crippen LogP contribution in [0.25, 0.3) is 0 Å². The van der Waals surface area contributed by atoms with Crippen LogP contribution < -0.4 is 4.74 Å². The average Bonchev–Trinajstić information content (AvgIpc) is 3.58. The molecule has 0 radical (unpaired) electrons. The Balaban J connectivity index is 1.36. The number of phenolic OH excluding ortho intramolecular Hbond substituents is 1. The van der Waals surface area contributed by atoms with Gasteiger partial charge in [-0.05, 0) is 74.2 Å². The van der Waals surface area contributed by atoms with Crippen LogP contribution in [0.1, 0.15) is 54.4 Å². The van der Waals surface area contributed by atoms with Crippen LogP contribution in [0.5, 0.6) is 11.5 Å². The number of nitrogens with zero attached hydrogens (tertiary/aromatic N) is 1. The predicted octanol–water partition coefficient (Wildman–Crippen LogP) is 3.63. The highest BCUT2D eigenvalue weighted by molar-refractivity contribution is 5.90. The number of Topliss-reactive ketones (excluding diaryl/α,β-unsaturated/α-hetero) is 1. The van der Waals surface area contributed by atoms with Crippen LogP contribution in [-0.2, 0) is 32.6 Å². The highest BCUT2D eigenvalue weighted by Gasteiger charge is 2.75. The predicted molar refractivity (Wildman–Crippen MR) is 129 cm³/mol. The molecule has 3 aliphatic carbocycles. The number of carbonyl (C=O) groups excluding carboxylic acids is 2. The number of piperidine rings is 1. The number of ether oxygens (including phenoxy) is 2. The molecule has 7 rings (SSSR count). The van der Waals surface area contributed by atoms with E-state index < -0.39 is 17.1 Å². The van der Waals surface area contributed by atoms with Gasteiger partial charge in [-0.3, -0.25) is 14.5 Å². The van der Waals surface area contributed by atoms with E-state index in [0.717, 1.165) is 41.8 Å². The minimum absolute atomic E-state index is 0.000127. The molecule has 2 aromatic rings. The Morgan fingerprint density at radius 2 is 2.03 bits per heavy atom. The van der Waals surface area contributed by atoms with Crippen molar-refractivity contribution in [1.29, 1.82) is 0 Å². The molecule has 35 heavy (non-hydrogen) atoms. The molecule has 2 bridgehead atoms. The number of benzene rings is 2. The van der Waals surface area contributed by atoms with Gasteiger partial charge in [-0.2, -0.15) is 0 Å². The first kappa shape index (κ1) is 21.4. The Kier molecular flexibility index (Phi) is 4.48. The molecule has 0 aromatic heterocycles. The van der Waals surface area contributed by atoms with E-state index in [-0.39, 0.29) is 30.0 Å². The monoisotopic (exact) mass is 473 g/mol. The van der Waals surface area contributed by atoms with Crippen molar-refractivity contribution in [1.82, 2.24) is 4.90 Å². The number of aromatic hydroxyl groups is 1. The lowest BCUT2D eigenvalue weighted by Crippen LogP contribution is -2.77. The summed E-state index contributed by atoms with van der Waals surface area (Å²) >= 11 is 0. The average molecular weight is 474 g/mol. The number of ketones is 1. The van der Waals surface area contributed by atoms with E-state index in [0.29, 0.717) is 30.9 Å². The fourth-order valence-corrected chi connectivity index (χ4v) is 7.65.